The molecule has 33 heavy (non-hydrogen) atoms. The Morgan fingerprint density at radius 1 is 1.03 bits per heavy atom. The second-order valence-electron chi connectivity index (χ2n) is 6.85. The highest BCUT2D eigenvalue weighted by atomic mass is 32.2. The topological polar surface area (TPSA) is 126 Å². The fourth-order valence-electron chi connectivity index (χ4n) is 2.82. The molecule has 174 valence electrons. The molecule has 0 aliphatic rings. The minimum atomic E-state index is -3.77. The van der Waals surface area contributed by atoms with Crippen molar-refractivity contribution in [2.24, 2.45) is 0 Å². The van der Waals surface area contributed by atoms with Crippen LogP contribution in [0.15, 0.2) is 59.5 Å². The molecule has 0 atom stereocenters. The highest BCUT2D eigenvalue weighted by molar-refractivity contribution is 7.89. The molecule has 3 N–H and O–H groups in total. The minimum absolute atomic E-state index is 0.0644. The molecule has 1 heterocycles. The summed E-state index contributed by atoms with van der Waals surface area (Å²) in [7, 11) is -3.77. The molecule has 2 aromatic carbocycles. The van der Waals surface area contributed by atoms with Gasteiger partial charge in [0.2, 0.25) is 15.9 Å². The smallest absolute Gasteiger partial charge is 0.281 e. The number of ether oxygens (including phenoxy) is 1. The van der Waals surface area contributed by atoms with E-state index in [0.29, 0.717) is 27.9 Å². The molecule has 3 rings (SSSR count). The van der Waals surface area contributed by atoms with E-state index in [1.165, 1.54) is 23.5 Å². The summed E-state index contributed by atoms with van der Waals surface area (Å²) >= 11 is 1.22. The molecule has 0 radical (unpaired) electrons. The van der Waals surface area contributed by atoms with Gasteiger partial charge in [0, 0.05) is 18.5 Å². The number of aromatic nitrogens is 1. The van der Waals surface area contributed by atoms with E-state index in [0.717, 1.165) is 5.56 Å². The second kappa shape index (κ2) is 11.0. The average Bonchev–Trinajstić information content (AvgIpc) is 3.20. The van der Waals surface area contributed by atoms with E-state index >= 15 is 0 Å². The summed E-state index contributed by atoms with van der Waals surface area (Å²) < 4.78 is 32.3. The number of rotatable bonds is 9. The summed E-state index contributed by atoms with van der Waals surface area (Å²) in [5.74, 6) is -0.461. The first-order valence-electron chi connectivity index (χ1n) is 10.1. The molecular formula is C22H24N4O5S2. The average molecular weight is 489 g/mol. The van der Waals surface area contributed by atoms with Crippen molar-refractivity contribution in [3.8, 4) is 16.3 Å². The lowest BCUT2D eigenvalue weighted by atomic mass is 10.2. The fraction of sp³-hybridized carbons (Fsp3) is 0.227. The zero-order valence-corrected chi connectivity index (χ0v) is 19.8. The van der Waals surface area contributed by atoms with Crippen LogP contribution in [0, 0.1) is 6.92 Å². The first kappa shape index (κ1) is 24.4. The van der Waals surface area contributed by atoms with Crippen molar-refractivity contribution in [1.29, 1.82) is 0 Å². The molecule has 1 aromatic heterocycles. The third kappa shape index (κ3) is 6.60. The van der Waals surface area contributed by atoms with E-state index in [1.807, 2.05) is 37.3 Å². The maximum atomic E-state index is 12.4. The van der Waals surface area contributed by atoms with E-state index < -0.39 is 21.8 Å². The number of carbonyl (C=O) groups is 2. The van der Waals surface area contributed by atoms with E-state index in [1.54, 1.807) is 19.1 Å². The summed E-state index contributed by atoms with van der Waals surface area (Å²) in [4.78, 5) is 29.3. The lowest BCUT2D eigenvalue weighted by molar-refractivity contribution is -0.121. The van der Waals surface area contributed by atoms with Crippen LogP contribution in [0.5, 0.6) is 5.75 Å². The number of amides is 2. The van der Waals surface area contributed by atoms with Crippen LogP contribution in [0.1, 0.15) is 28.7 Å². The summed E-state index contributed by atoms with van der Waals surface area (Å²) in [5, 5.41) is 0.702. The van der Waals surface area contributed by atoms with Crippen molar-refractivity contribution in [1.82, 2.24) is 20.6 Å². The highest BCUT2D eigenvalue weighted by Gasteiger charge is 2.18. The lowest BCUT2D eigenvalue weighted by Gasteiger charge is -2.09. The molecule has 0 spiro atoms. The number of sulfonamides is 1. The lowest BCUT2D eigenvalue weighted by Crippen LogP contribution is -2.42. The monoisotopic (exact) mass is 488 g/mol. The zero-order valence-electron chi connectivity index (χ0n) is 18.1. The molecule has 0 fully saturated rings. The van der Waals surface area contributed by atoms with Crippen LogP contribution in [0.2, 0.25) is 0 Å². The summed E-state index contributed by atoms with van der Waals surface area (Å²) in [6.07, 6.45) is -0.159. The Bertz CT molecular complexity index is 1210. The van der Waals surface area contributed by atoms with Gasteiger partial charge in [0.15, 0.2) is 0 Å². The van der Waals surface area contributed by atoms with Crippen LogP contribution >= 0.6 is 11.3 Å². The number of nitrogens with one attached hydrogen (secondary N) is 3. The van der Waals surface area contributed by atoms with Crippen molar-refractivity contribution in [2.75, 3.05) is 13.2 Å². The van der Waals surface area contributed by atoms with Gasteiger partial charge in [-0.3, -0.25) is 20.4 Å². The molecule has 2 amide bonds. The van der Waals surface area contributed by atoms with Crippen molar-refractivity contribution in [2.45, 2.75) is 25.2 Å². The number of hydrogen-bond acceptors (Lipinski definition) is 7. The van der Waals surface area contributed by atoms with Gasteiger partial charge in [0.05, 0.1) is 17.2 Å². The van der Waals surface area contributed by atoms with E-state index in [-0.39, 0.29) is 17.9 Å². The van der Waals surface area contributed by atoms with Gasteiger partial charge >= 0.3 is 0 Å². The van der Waals surface area contributed by atoms with Gasteiger partial charge < -0.3 is 4.74 Å². The maximum Gasteiger partial charge on any atom is 0.281 e. The summed E-state index contributed by atoms with van der Waals surface area (Å²) in [5.41, 5.74) is 6.08. The van der Waals surface area contributed by atoms with E-state index in [9.17, 15) is 18.0 Å². The predicted molar refractivity (Wildman–Crippen MR) is 125 cm³/mol. The van der Waals surface area contributed by atoms with Crippen molar-refractivity contribution >= 4 is 33.2 Å². The molecule has 0 aliphatic carbocycles. The number of thiazole rings is 1. The molecule has 0 aliphatic heterocycles. The van der Waals surface area contributed by atoms with Crippen LogP contribution in [0.25, 0.3) is 10.6 Å². The van der Waals surface area contributed by atoms with E-state index in [4.69, 9.17) is 4.74 Å². The Morgan fingerprint density at radius 2 is 1.73 bits per heavy atom. The molecule has 11 heteroatoms. The van der Waals surface area contributed by atoms with Gasteiger partial charge in [-0.15, -0.1) is 11.3 Å². The fourth-order valence-corrected chi connectivity index (χ4v) is 4.82. The van der Waals surface area contributed by atoms with Gasteiger partial charge in [-0.2, -0.15) is 0 Å². The van der Waals surface area contributed by atoms with Gasteiger partial charge in [-0.05, 0) is 38.1 Å². The normalized spacial score (nSPS) is 11.1. The number of benzene rings is 2. The van der Waals surface area contributed by atoms with Crippen LogP contribution in [-0.2, 0) is 14.8 Å². The standard InChI is InChI=1S/C22H24N4O5S2/c1-3-31-17-9-11-18(12-10-17)33(29,30)23-14-13-19(27)25-26-21(28)20-15(2)24-22(32-20)16-7-5-4-6-8-16/h4-12,23H,3,13-14H2,1-2H3,(H,25,27)(H,26,28). The molecular weight excluding hydrogens is 464 g/mol. The largest absolute Gasteiger partial charge is 0.494 e. The number of carbonyl (C=O) groups excluding carboxylic acids is 2. The quantitative estimate of drug-likeness (QED) is 0.398. The number of nitrogens with zero attached hydrogens (tertiary/aromatic N) is 1. The molecule has 9 nitrogen and oxygen atoms in total. The maximum absolute atomic E-state index is 12.4. The zero-order chi connectivity index (χ0) is 23.8. The Morgan fingerprint density at radius 3 is 2.39 bits per heavy atom. The predicted octanol–water partition coefficient (Wildman–Crippen LogP) is 2.65. The van der Waals surface area contributed by atoms with Crippen molar-refractivity contribution in [3.63, 3.8) is 0 Å². The second-order valence-corrected chi connectivity index (χ2v) is 9.62. The summed E-state index contributed by atoms with van der Waals surface area (Å²) in [6.45, 7) is 3.90. The van der Waals surface area contributed by atoms with Gasteiger partial charge in [-0.25, -0.2) is 18.1 Å². The molecule has 0 unspecified atom stereocenters. The van der Waals surface area contributed by atoms with Crippen molar-refractivity contribution in [3.05, 3.63) is 65.2 Å². The first-order valence-corrected chi connectivity index (χ1v) is 12.4. The van der Waals surface area contributed by atoms with Crippen LogP contribution in [0.3, 0.4) is 0 Å². The minimum Gasteiger partial charge on any atom is -0.494 e. The van der Waals surface area contributed by atoms with E-state index in [2.05, 4.69) is 20.6 Å². The Hall–Kier alpha value is -3.28. The summed E-state index contributed by atoms with van der Waals surface area (Å²) in [6, 6.07) is 15.4. The molecule has 0 saturated carbocycles. The number of hydrogen-bond donors (Lipinski definition) is 3. The highest BCUT2D eigenvalue weighted by Crippen LogP contribution is 2.27. The Balaban J connectivity index is 1.47. The van der Waals surface area contributed by atoms with Crippen LogP contribution in [-0.4, -0.2) is 38.4 Å². The van der Waals surface area contributed by atoms with Gasteiger partial charge in [0.25, 0.3) is 5.91 Å². The van der Waals surface area contributed by atoms with Crippen LogP contribution < -0.4 is 20.3 Å². The van der Waals surface area contributed by atoms with Gasteiger partial charge in [-0.1, -0.05) is 30.3 Å². The van der Waals surface area contributed by atoms with Gasteiger partial charge in [0.1, 0.15) is 15.6 Å². The Kier molecular flexibility index (Phi) is 8.15. The molecule has 0 bridgehead atoms. The Labute approximate surface area is 196 Å². The SMILES string of the molecule is CCOc1ccc(S(=O)(=O)NCCC(=O)NNC(=O)c2sc(-c3ccccc3)nc2C)cc1. The molecule has 3 aromatic rings. The molecule has 0 saturated heterocycles. The van der Waals surface area contributed by atoms with Crippen LogP contribution in [0.4, 0.5) is 0 Å². The third-order valence-corrected chi connectivity index (χ3v) is 7.11. The first-order chi connectivity index (χ1) is 15.8. The number of hydrazine groups is 1. The number of aryl methyl sites for hydroxylation is 1. The third-order valence-electron chi connectivity index (χ3n) is 4.43. The van der Waals surface area contributed by atoms with Crippen molar-refractivity contribution < 1.29 is 22.7 Å².